The number of carbonyl (C=O) groups excluding carboxylic acids is 2. The highest BCUT2D eigenvalue weighted by atomic mass is 16.7. The van der Waals surface area contributed by atoms with Crippen molar-refractivity contribution in [1.29, 1.82) is 0 Å². The predicted octanol–water partition coefficient (Wildman–Crippen LogP) is 8.90. The van der Waals surface area contributed by atoms with Crippen LogP contribution in [0.5, 0.6) is 5.75 Å². The fourth-order valence-corrected chi connectivity index (χ4v) is 6.47. The van der Waals surface area contributed by atoms with Crippen LogP contribution in [-0.4, -0.2) is 64.5 Å². The Hall–Kier alpha value is -5.71. The van der Waals surface area contributed by atoms with E-state index in [1.165, 1.54) is 51.4 Å². The van der Waals surface area contributed by atoms with Crippen molar-refractivity contribution < 1.29 is 33.8 Å². The summed E-state index contributed by atoms with van der Waals surface area (Å²) < 4.78 is 10.5. The molecule has 0 saturated carbocycles. The summed E-state index contributed by atoms with van der Waals surface area (Å²) in [5.74, 6) is -0.320. The molecule has 3 aromatic carbocycles. The third kappa shape index (κ3) is 13.0. The average Bonchev–Trinajstić information content (AvgIpc) is 3.88. The number of nitrogens with zero attached hydrogens (tertiary/aromatic N) is 2. The van der Waals surface area contributed by atoms with E-state index >= 15 is 0 Å². The van der Waals surface area contributed by atoms with Gasteiger partial charge in [-0.05, 0) is 53.8 Å². The number of carboxylic acids is 1. The lowest BCUT2D eigenvalue weighted by atomic mass is 10.0. The molecule has 56 heavy (non-hydrogen) atoms. The summed E-state index contributed by atoms with van der Waals surface area (Å²) in [6.45, 7) is 4.82. The van der Waals surface area contributed by atoms with Crippen LogP contribution in [-0.2, 0) is 30.4 Å². The van der Waals surface area contributed by atoms with Gasteiger partial charge in [-0.3, -0.25) is 4.79 Å². The van der Waals surface area contributed by atoms with Crippen LogP contribution in [0.1, 0.15) is 107 Å². The number of oxime groups is 1. The molecule has 3 N–H and O–H groups in total. The van der Waals surface area contributed by atoms with Crippen LogP contribution in [0.25, 0.3) is 28.7 Å². The number of aromatic amines is 1. The predicted molar refractivity (Wildman–Crippen MR) is 218 cm³/mol. The van der Waals surface area contributed by atoms with Crippen LogP contribution in [0.2, 0.25) is 0 Å². The van der Waals surface area contributed by atoms with Crippen molar-refractivity contribution in [2.45, 2.75) is 97.0 Å². The summed E-state index contributed by atoms with van der Waals surface area (Å²) in [6.07, 6.45) is 15.8. The van der Waals surface area contributed by atoms with E-state index in [1.807, 2.05) is 78.9 Å². The van der Waals surface area contributed by atoms with Crippen LogP contribution in [0.4, 0.5) is 0 Å². The zero-order valence-corrected chi connectivity index (χ0v) is 32.6. The third-order valence-corrected chi connectivity index (χ3v) is 9.63. The Kier molecular flexibility index (Phi) is 16.3. The third-order valence-electron chi connectivity index (χ3n) is 9.63. The highest BCUT2D eigenvalue weighted by Crippen LogP contribution is 2.30. The molecule has 1 atom stereocenters. The molecule has 1 amide bonds. The van der Waals surface area contributed by atoms with E-state index in [1.54, 1.807) is 13.0 Å². The first kappa shape index (κ1) is 41.5. The largest absolute Gasteiger partial charge is 0.482 e. The number of ether oxygens (including phenoxy) is 2. The second-order valence-electron chi connectivity index (χ2n) is 14.0. The number of rotatable bonds is 23. The quantitative estimate of drug-likeness (QED) is 0.0385. The molecule has 4 aromatic rings. The highest BCUT2D eigenvalue weighted by molar-refractivity contribution is 6.03. The fraction of sp³-hybridized carbons (Fsp3) is 0.400. The van der Waals surface area contributed by atoms with Crippen molar-refractivity contribution in [1.82, 2.24) is 15.3 Å². The number of hydrogen-bond acceptors (Lipinski definition) is 8. The summed E-state index contributed by atoms with van der Waals surface area (Å²) in [4.78, 5) is 49.1. The summed E-state index contributed by atoms with van der Waals surface area (Å²) >= 11 is 0. The van der Waals surface area contributed by atoms with Gasteiger partial charge in [-0.15, -0.1) is 0 Å². The normalized spacial score (nSPS) is 13.7. The van der Waals surface area contributed by atoms with Crippen molar-refractivity contribution >= 4 is 29.6 Å². The Morgan fingerprint density at radius 1 is 0.839 bits per heavy atom. The maximum atomic E-state index is 12.5. The minimum absolute atomic E-state index is 0.0944. The van der Waals surface area contributed by atoms with Crippen LogP contribution < -0.4 is 10.1 Å². The molecule has 1 aliphatic heterocycles. The smallest absolute Gasteiger partial charge is 0.348 e. The number of carboxylic acid groups (broad SMARTS) is 1. The Bertz CT molecular complexity index is 1920. The van der Waals surface area contributed by atoms with Crippen LogP contribution >= 0.6 is 0 Å². The van der Waals surface area contributed by atoms with Crippen LogP contribution in [0, 0.1) is 0 Å². The Morgan fingerprint density at radius 3 is 2.12 bits per heavy atom. The summed E-state index contributed by atoms with van der Waals surface area (Å²) in [5, 5.41) is 16.2. The molecule has 0 fully saturated rings. The molecule has 0 spiro atoms. The standard InChI is InChI=1S/C45H54N4O7/c1-3-5-6-7-8-9-10-11-12-13-28-46-41(50)27-18-32-14-19-35(20-15-32)43-39(29-33-16-25-37(26-17-33)55-31-42(51)54-4-2)47-44(48-43)36-23-21-34(22-24-36)38-30-40(45(52)53)56-49-38/h14-27,40H,3-13,28-31H2,1-2H3,(H,46,50)(H,47,48)(H,52,53)/b27-18+. The van der Waals surface area contributed by atoms with Gasteiger partial charge in [-0.1, -0.05) is 131 Å². The molecule has 0 radical (unpaired) electrons. The van der Waals surface area contributed by atoms with Crippen LogP contribution in [0.3, 0.4) is 0 Å². The number of aliphatic carboxylic acids is 1. The molecule has 2 heterocycles. The number of unbranched alkanes of at least 4 members (excludes halogenated alkanes) is 9. The fourth-order valence-electron chi connectivity index (χ4n) is 6.47. The van der Waals surface area contributed by atoms with Gasteiger partial charge in [0.15, 0.2) is 6.61 Å². The molecule has 296 valence electrons. The van der Waals surface area contributed by atoms with Crippen molar-refractivity contribution in [2.75, 3.05) is 19.8 Å². The molecular weight excluding hydrogens is 709 g/mol. The Balaban J connectivity index is 1.22. The second kappa shape index (κ2) is 22.0. The number of carbonyl (C=O) groups is 3. The Morgan fingerprint density at radius 2 is 1.48 bits per heavy atom. The lowest BCUT2D eigenvalue weighted by molar-refractivity contribution is -0.148. The van der Waals surface area contributed by atoms with Crippen molar-refractivity contribution in [3.8, 4) is 28.4 Å². The first-order chi connectivity index (χ1) is 27.3. The number of aromatic nitrogens is 2. The molecule has 11 heteroatoms. The number of imidazole rings is 1. The Labute approximate surface area is 329 Å². The van der Waals surface area contributed by atoms with Crippen molar-refractivity contribution in [3.05, 3.63) is 101 Å². The van der Waals surface area contributed by atoms with Gasteiger partial charge in [0.2, 0.25) is 12.0 Å². The number of benzene rings is 3. The van der Waals surface area contributed by atoms with E-state index in [0.29, 0.717) is 36.9 Å². The SMILES string of the molecule is CCCCCCCCCCCCNC(=O)/C=C/c1ccc(-c2[nH]c(-c3ccc(C4=NOC(C(=O)O)C4)cc3)nc2Cc2ccc(OCC(=O)OCC)cc2)cc1. The van der Waals surface area contributed by atoms with Gasteiger partial charge in [-0.2, -0.15) is 0 Å². The van der Waals surface area contributed by atoms with Gasteiger partial charge in [-0.25, -0.2) is 14.6 Å². The van der Waals surface area contributed by atoms with E-state index in [4.69, 9.17) is 19.3 Å². The summed E-state index contributed by atoms with van der Waals surface area (Å²) in [6, 6.07) is 23.1. The molecule has 5 rings (SSSR count). The molecule has 1 aliphatic rings. The number of hydrogen-bond donors (Lipinski definition) is 3. The maximum absolute atomic E-state index is 12.5. The molecule has 0 bridgehead atoms. The number of H-pyrrole nitrogens is 1. The van der Waals surface area contributed by atoms with Gasteiger partial charge in [0.1, 0.15) is 11.6 Å². The minimum Gasteiger partial charge on any atom is -0.482 e. The van der Waals surface area contributed by atoms with E-state index in [-0.39, 0.29) is 18.9 Å². The lowest BCUT2D eigenvalue weighted by Gasteiger charge is -2.07. The summed E-state index contributed by atoms with van der Waals surface area (Å²) in [7, 11) is 0. The zero-order valence-electron chi connectivity index (χ0n) is 32.6. The minimum atomic E-state index is -1.04. The van der Waals surface area contributed by atoms with Gasteiger partial charge < -0.3 is 29.7 Å². The second-order valence-corrected chi connectivity index (χ2v) is 14.0. The van der Waals surface area contributed by atoms with Crippen molar-refractivity contribution in [2.24, 2.45) is 5.16 Å². The summed E-state index contributed by atoms with van der Waals surface area (Å²) in [5.41, 5.74) is 6.74. The molecule has 0 saturated heterocycles. The lowest BCUT2D eigenvalue weighted by Crippen LogP contribution is -2.21. The van der Waals surface area contributed by atoms with E-state index < -0.39 is 18.0 Å². The molecule has 11 nitrogen and oxygen atoms in total. The van der Waals surface area contributed by atoms with Gasteiger partial charge in [0.05, 0.1) is 23.7 Å². The average molecular weight is 763 g/mol. The van der Waals surface area contributed by atoms with Crippen LogP contribution in [0.15, 0.2) is 84.0 Å². The molecular formula is C45H54N4O7. The van der Waals surface area contributed by atoms with Gasteiger partial charge in [0.25, 0.3) is 0 Å². The van der Waals surface area contributed by atoms with Crippen molar-refractivity contribution in [3.63, 3.8) is 0 Å². The van der Waals surface area contributed by atoms with E-state index in [9.17, 15) is 19.5 Å². The monoisotopic (exact) mass is 762 g/mol. The number of nitrogens with one attached hydrogen (secondary N) is 2. The van der Waals surface area contributed by atoms with Gasteiger partial charge >= 0.3 is 11.9 Å². The molecule has 1 aromatic heterocycles. The number of esters is 1. The number of amides is 1. The van der Waals surface area contributed by atoms with E-state index in [0.717, 1.165) is 52.0 Å². The highest BCUT2D eigenvalue weighted by Gasteiger charge is 2.28. The topological polar surface area (TPSA) is 152 Å². The zero-order chi connectivity index (χ0) is 39.5. The van der Waals surface area contributed by atoms with E-state index in [2.05, 4.69) is 22.4 Å². The molecule has 1 unspecified atom stereocenters. The first-order valence-electron chi connectivity index (χ1n) is 19.9. The van der Waals surface area contributed by atoms with Gasteiger partial charge in [0, 0.05) is 31.0 Å². The molecule has 0 aliphatic carbocycles. The first-order valence-corrected chi connectivity index (χ1v) is 19.9. The maximum Gasteiger partial charge on any atom is 0.348 e.